The zero-order chi connectivity index (χ0) is 17.8. The highest BCUT2D eigenvalue weighted by molar-refractivity contribution is 7.12. The van der Waals surface area contributed by atoms with Gasteiger partial charge in [0.25, 0.3) is 0 Å². The molecule has 0 bridgehead atoms. The Morgan fingerprint density at radius 3 is 1.92 bits per heavy atom. The zero-order valence-electron chi connectivity index (χ0n) is 14.6. The summed E-state index contributed by atoms with van der Waals surface area (Å²) in [4.78, 5) is 6.15. The van der Waals surface area contributed by atoms with E-state index in [0.29, 0.717) is 0 Å². The monoisotopic (exact) mass is 353 g/mol. The first-order valence-corrected chi connectivity index (χ1v) is 9.48. The van der Waals surface area contributed by atoms with Crippen LogP contribution in [-0.4, -0.2) is 0 Å². The second kappa shape index (κ2) is 7.51. The highest BCUT2D eigenvalue weighted by atomic mass is 32.1. The lowest BCUT2D eigenvalue weighted by Crippen LogP contribution is -1.97. The number of hydrogen-bond donors (Lipinski definition) is 0. The molecule has 0 radical (unpaired) electrons. The number of para-hydroxylation sites is 1. The van der Waals surface area contributed by atoms with E-state index < -0.39 is 0 Å². The molecule has 0 saturated heterocycles. The van der Waals surface area contributed by atoms with E-state index in [2.05, 4.69) is 79.7 Å². The molecule has 0 aliphatic heterocycles. The fraction of sp³-hybridized carbons (Fsp3) is 0.0417. The standard InChI is InChI=1S/C24H19NS/c1-18-10-8-9-15-22(18)25-24-17-21(19-11-4-2-5-12-19)16-23(26-24)20-13-6-3-7-14-20/h2-17H,1H3. The van der Waals surface area contributed by atoms with Gasteiger partial charge in [-0.2, -0.15) is 0 Å². The molecule has 2 heteroatoms. The molecule has 3 aromatic carbocycles. The van der Waals surface area contributed by atoms with Crippen LogP contribution in [0.15, 0.2) is 102 Å². The van der Waals surface area contributed by atoms with Crippen molar-refractivity contribution in [1.29, 1.82) is 0 Å². The Morgan fingerprint density at radius 1 is 0.615 bits per heavy atom. The SMILES string of the molecule is Cc1ccccc1N=c1cc(-c2ccccc2)cc(-c2ccccc2)s1. The second-order valence-electron chi connectivity index (χ2n) is 6.18. The van der Waals surface area contributed by atoms with E-state index in [4.69, 9.17) is 4.99 Å². The van der Waals surface area contributed by atoms with E-state index in [-0.39, 0.29) is 0 Å². The molecule has 1 heterocycles. The Kier molecular flexibility index (Phi) is 4.76. The minimum Gasteiger partial charge on any atom is -0.238 e. The molecule has 4 rings (SSSR count). The molecule has 0 spiro atoms. The summed E-state index contributed by atoms with van der Waals surface area (Å²) in [6.45, 7) is 2.10. The third kappa shape index (κ3) is 3.66. The van der Waals surface area contributed by atoms with Gasteiger partial charge in [0.1, 0.15) is 4.67 Å². The largest absolute Gasteiger partial charge is 0.238 e. The van der Waals surface area contributed by atoms with Gasteiger partial charge < -0.3 is 0 Å². The van der Waals surface area contributed by atoms with Gasteiger partial charge in [-0.3, -0.25) is 0 Å². The van der Waals surface area contributed by atoms with Crippen LogP contribution in [0.2, 0.25) is 0 Å². The lowest BCUT2D eigenvalue weighted by Gasteiger charge is -2.06. The molecule has 0 atom stereocenters. The van der Waals surface area contributed by atoms with Crippen LogP contribution in [0, 0.1) is 6.92 Å². The molecular weight excluding hydrogens is 334 g/mol. The number of benzene rings is 3. The normalized spacial score (nSPS) is 11.5. The summed E-state index contributed by atoms with van der Waals surface area (Å²) >= 11 is 1.72. The van der Waals surface area contributed by atoms with Crippen molar-refractivity contribution < 1.29 is 0 Å². The van der Waals surface area contributed by atoms with Crippen molar-refractivity contribution in [2.24, 2.45) is 4.99 Å². The number of aryl methyl sites for hydroxylation is 1. The molecule has 0 aliphatic rings. The Hall–Kier alpha value is -2.97. The first-order valence-electron chi connectivity index (χ1n) is 8.66. The van der Waals surface area contributed by atoms with Crippen molar-refractivity contribution >= 4 is 17.0 Å². The topological polar surface area (TPSA) is 12.4 Å². The molecule has 0 fully saturated rings. The van der Waals surface area contributed by atoms with Gasteiger partial charge in [-0.15, -0.1) is 11.3 Å². The summed E-state index contributed by atoms with van der Waals surface area (Å²) in [5.41, 5.74) is 5.82. The minimum absolute atomic E-state index is 1.01. The summed E-state index contributed by atoms with van der Waals surface area (Å²) in [6, 6.07) is 33.7. The fourth-order valence-corrected chi connectivity index (χ4v) is 3.89. The average Bonchev–Trinajstić information content (AvgIpc) is 2.71. The Balaban J connectivity index is 1.93. The van der Waals surface area contributed by atoms with Crippen LogP contribution in [-0.2, 0) is 0 Å². The van der Waals surface area contributed by atoms with Crippen LogP contribution >= 0.6 is 11.3 Å². The number of nitrogens with zero attached hydrogens (tertiary/aromatic N) is 1. The fourth-order valence-electron chi connectivity index (χ4n) is 2.89. The van der Waals surface area contributed by atoms with Crippen LogP contribution in [0.1, 0.15) is 5.56 Å². The summed E-state index contributed by atoms with van der Waals surface area (Å²) in [6.07, 6.45) is 0. The first-order chi connectivity index (χ1) is 12.8. The summed E-state index contributed by atoms with van der Waals surface area (Å²) in [7, 11) is 0. The van der Waals surface area contributed by atoms with E-state index in [0.717, 1.165) is 10.4 Å². The minimum atomic E-state index is 1.01. The van der Waals surface area contributed by atoms with Crippen LogP contribution in [0.5, 0.6) is 0 Å². The van der Waals surface area contributed by atoms with Gasteiger partial charge in [0.05, 0.1) is 5.69 Å². The van der Waals surface area contributed by atoms with Crippen LogP contribution in [0.4, 0.5) is 5.69 Å². The Morgan fingerprint density at radius 2 is 1.23 bits per heavy atom. The summed E-state index contributed by atoms with van der Waals surface area (Å²) in [5, 5.41) is 0. The van der Waals surface area contributed by atoms with Crippen molar-refractivity contribution in [3.05, 3.63) is 107 Å². The predicted octanol–water partition coefficient (Wildman–Crippen LogP) is 6.62. The zero-order valence-corrected chi connectivity index (χ0v) is 15.4. The van der Waals surface area contributed by atoms with Crippen LogP contribution in [0.3, 0.4) is 0 Å². The molecule has 0 amide bonds. The molecule has 1 nitrogen and oxygen atoms in total. The molecule has 0 saturated carbocycles. The Bertz CT molecular complexity index is 1020. The van der Waals surface area contributed by atoms with Crippen molar-refractivity contribution in [1.82, 2.24) is 0 Å². The molecule has 26 heavy (non-hydrogen) atoms. The van der Waals surface area contributed by atoms with Gasteiger partial charge in [-0.25, -0.2) is 4.99 Å². The maximum Gasteiger partial charge on any atom is 0.117 e. The third-order valence-corrected chi connectivity index (χ3v) is 5.28. The summed E-state index contributed by atoms with van der Waals surface area (Å²) in [5.74, 6) is 0. The van der Waals surface area contributed by atoms with E-state index in [1.54, 1.807) is 11.3 Å². The van der Waals surface area contributed by atoms with Crippen LogP contribution < -0.4 is 4.67 Å². The Labute approximate surface area is 158 Å². The van der Waals surface area contributed by atoms with Crippen molar-refractivity contribution in [3.8, 4) is 21.6 Å². The first kappa shape index (κ1) is 16.5. The van der Waals surface area contributed by atoms with Crippen molar-refractivity contribution in [2.45, 2.75) is 6.92 Å². The second-order valence-corrected chi connectivity index (χ2v) is 7.24. The average molecular weight is 353 g/mol. The molecule has 1 aromatic heterocycles. The van der Waals surface area contributed by atoms with Gasteiger partial charge in [-0.1, -0.05) is 78.9 Å². The third-order valence-electron chi connectivity index (χ3n) is 4.29. The molecule has 126 valence electrons. The van der Waals surface area contributed by atoms with Crippen LogP contribution in [0.25, 0.3) is 21.6 Å². The lowest BCUT2D eigenvalue weighted by atomic mass is 10.1. The molecule has 4 aromatic rings. The highest BCUT2D eigenvalue weighted by Crippen LogP contribution is 2.28. The lowest BCUT2D eigenvalue weighted by molar-refractivity contribution is 1.34. The predicted molar refractivity (Wildman–Crippen MR) is 112 cm³/mol. The molecule has 0 N–H and O–H groups in total. The van der Waals surface area contributed by atoms with Gasteiger partial charge >= 0.3 is 0 Å². The van der Waals surface area contributed by atoms with Gasteiger partial charge in [0.2, 0.25) is 0 Å². The van der Waals surface area contributed by atoms with Crippen molar-refractivity contribution in [2.75, 3.05) is 0 Å². The maximum absolute atomic E-state index is 4.93. The van der Waals surface area contributed by atoms with Crippen molar-refractivity contribution in [3.63, 3.8) is 0 Å². The van der Waals surface area contributed by atoms with E-state index >= 15 is 0 Å². The number of hydrogen-bond acceptors (Lipinski definition) is 2. The summed E-state index contributed by atoms with van der Waals surface area (Å²) < 4.78 is 1.01. The molecule has 0 aliphatic carbocycles. The molecule has 0 unspecified atom stereocenters. The molecular formula is C24H19NS. The smallest absolute Gasteiger partial charge is 0.117 e. The maximum atomic E-state index is 4.93. The highest BCUT2D eigenvalue weighted by Gasteiger charge is 2.04. The quantitative estimate of drug-likeness (QED) is 0.392. The van der Waals surface area contributed by atoms with Gasteiger partial charge in [-0.05, 0) is 47.4 Å². The van der Waals surface area contributed by atoms with E-state index in [1.807, 2.05) is 24.3 Å². The van der Waals surface area contributed by atoms with Gasteiger partial charge in [0, 0.05) is 4.88 Å². The van der Waals surface area contributed by atoms with E-state index in [9.17, 15) is 0 Å². The van der Waals surface area contributed by atoms with E-state index in [1.165, 1.54) is 27.1 Å². The number of rotatable bonds is 3. The van der Waals surface area contributed by atoms with Gasteiger partial charge in [0.15, 0.2) is 0 Å².